The molecule has 1 saturated heterocycles. The van der Waals surface area contributed by atoms with E-state index in [-0.39, 0.29) is 23.5 Å². The normalized spacial score (nSPS) is 23.8. The number of hydrogen-bond donors (Lipinski definition) is 1. The van der Waals surface area contributed by atoms with Crippen molar-refractivity contribution in [1.82, 2.24) is 14.9 Å². The molecule has 3 rings (SSSR count). The maximum atomic E-state index is 12.5. The van der Waals surface area contributed by atoms with Crippen molar-refractivity contribution in [1.29, 1.82) is 0 Å². The molecule has 1 aromatic rings. The van der Waals surface area contributed by atoms with Crippen LogP contribution in [0.1, 0.15) is 55.3 Å². The van der Waals surface area contributed by atoms with Crippen molar-refractivity contribution in [3.63, 3.8) is 0 Å². The summed E-state index contributed by atoms with van der Waals surface area (Å²) in [5.74, 6) is 0.505. The zero-order valence-corrected chi connectivity index (χ0v) is 15.5. The molecule has 2 heterocycles. The highest BCUT2D eigenvalue weighted by molar-refractivity contribution is 7.91. The third-order valence-electron chi connectivity index (χ3n) is 5.16. The van der Waals surface area contributed by atoms with Crippen LogP contribution in [0.5, 0.6) is 0 Å². The minimum atomic E-state index is -3.02. The topological polar surface area (TPSA) is 92.3 Å². The summed E-state index contributed by atoms with van der Waals surface area (Å²) in [6.45, 7) is 0. The van der Waals surface area contributed by atoms with E-state index in [2.05, 4.69) is 15.3 Å². The standard InChI is InChI=1S/C17H26N4O3S/c1-21(15-8-9-25(23,24)12-15)16(22)13-10-18-17(19-11-13)20-14-6-4-2-3-5-7-14/h10-11,14-15H,2-9,12H2,1H3,(H,18,19,20). The molecule has 0 radical (unpaired) electrons. The van der Waals surface area contributed by atoms with E-state index in [0.717, 1.165) is 12.8 Å². The Morgan fingerprint density at radius 1 is 1.12 bits per heavy atom. The molecule has 0 aromatic carbocycles. The molecular weight excluding hydrogens is 340 g/mol. The molecule has 25 heavy (non-hydrogen) atoms. The van der Waals surface area contributed by atoms with Gasteiger partial charge in [0.25, 0.3) is 5.91 Å². The minimum absolute atomic E-state index is 0.0391. The summed E-state index contributed by atoms with van der Waals surface area (Å²) >= 11 is 0. The first kappa shape index (κ1) is 18.1. The second-order valence-corrected chi connectivity index (χ2v) is 9.33. The molecule has 2 aliphatic rings. The van der Waals surface area contributed by atoms with Gasteiger partial charge in [-0.15, -0.1) is 0 Å². The Labute approximate surface area is 149 Å². The van der Waals surface area contributed by atoms with Crippen LogP contribution in [0.2, 0.25) is 0 Å². The lowest BCUT2D eigenvalue weighted by Crippen LogP contribution is -2.38. The van der Waals surface area contributed by atoms with E-state index in [1.54, 1.807) is 7.05 Å². The lowest BCUT2D eigenvalue weighted by Gasteiger charge is -2.23. The summed E-state index contributed by atoms with van der Waals surface area (Å²) in [7, 11) is -1.37. The SMILES string of the molecule is CN(C(=O)c1cnc(NC2CCCCCC2)nc1)C1CCS(=O)(=O)C1. The van der Waals surface area contributed by atoms with Gasteiger partial charge in [-0.1, -0.05) is 25.7 Å². The van der Waals surface area contributed by atoms with Gasteiger partial charge in [-0.05, 0) is 19.3 Å². The first-order chi connectivity index (χ1) is 11.9. The van der Waals surface area contributed by atoms with Crippen LogP contribution in [0, 0.1) is 0 Å². The number of rotatable bonds is 4. The van der Waals surface area contributed by atoms with E-state index >= 15 is 0 Å². The summed E-state index contributed by atoms with van der Waals surface area (Å²) in [5, 5.41) is 3.36. The second-order valence-electron chi connectivity index (χ2n) is 7.10. The fourth-order valence-electron chi connectivity index (χ4n) is 3.57. The summed E-state index contributed by atoms with van der Waals surface area (Å²) in [4.78, 5) is 22.6. The summed E-state index contributed by atoms with van der Waals surface area (Å²) in [6, 6.07) is 0.136. The van der Waals surface area contributed by atoms with Crippen LogP contribution in [-0.2, 0) is 9.84 Å². The van der Waals surface area contributed by atoms with Gasteiger partial charge in [-0.25, -0.2) is 18.4 Å². The van der Waals surface area contributed by atoms with Gasteiger partial charge in [0, 0.05) is 31.5 Å². The minimum Gasteiger partial charge on any atom is -0.351 e. The Balaban J connectivity index is 1.60. The molecule has 7 nitrogen and oxygen atoms in total. The highest BCUT2D eigenvalue weighted by Gasteiger charge is 2.33. The maximum absolute atomic E-state index is 12.5. The molecule has 1 N–H and O–H groups in total. The molecular formula is C17H26N4O3S. The Bertz CT molecular complexity index is 697. The molecule has 1 amide bonds. The smallest absolute Gasteiger partial charge is 0.257 e. The molecule has 0 bridgehead atoms. The largest absolute Gasteiger partial charge is 0.351 e. The predicted octanol–water partition coefficient (Wildman–Crippen LogP) is 1.87. The molecule has 1 saturated carbocycles. The molecule has 1 unspecified atom stereocenters. The average molecular weight is 366 g/mol. The average Bonchev–Trinajstić information content (AvgIpc) is 2.80. The van der Waals surface area contributed by atoms with Crippen molar-refractivity contribution in [2.24, 2.45) is 0 Å². The number of carbonyl (C=O) groups is 1. The maximum Gasteiger partial charge on any atom is 0.257 e. The fraction of sp³-hybridized carbons (Fsp3) is 0.706. The van der Waals surface area contributed by atoms with Gasteiger partial charge in [-0.3, -0.25) is 4.79 Å². The zero-order valence-electron chi connectivity index (χ0n) is 14.6. The lowest BCUT2D eigenvalue weighted by molar-refractivity contribution is 0.0747. The van der Waals surface area contributed by atoms with Crippen LogP contribution in [0.3, 0.4) is 0 Å². The van der Waals surface area contributed by atoms with Gasteiger partial charge in [0.15, 0.2) is 9.84 Å². The number of nitrogens with zero attached hydrogens (tertiary/aromatic N) is 3. The molecule has 1 aliphatic carbocycles. The van der Waals surface area contributed by atoms with E-state index in [9.17, 15) is 13.2 Å². The molecule has 138 valence electrons. The summed E-state index contributed by atoms with van der Waals surface area (Å²) in [5.41, 5.74) is 0.387. The number of nitrogens with one attached hydrogen (secondary N) is 1. The molecule has 8 heteroatoms. The fourth-order valence-corrected chi connectivity index (χ4v) is 5.34. The first-order valence-electron chi connectivity index (χ1n) is 9.01. The van der Waals surface area contributed by atoms with Gasteiger partial charge < -0.3 is 10.2 Å². The van der Waals surface area contributed by atoms with Crippen molar-refractivity contribution in [3.8, 4) is 0 Å². The Morgan fingerprint density at radius 3 is 2.32 bits per heavy atom. The zero-order chi connectivity index (χ0) is 17.9. The van der Waals surface area contributed by atoms with Gasteiger partial charge in [-0.2, -0.15) is 0 Å². The molecule has 1 aliphatic heterocycles. The number of hydrogen-bond acceptors (Lipinski definition) is 6. The monoisotopic (exact) mass is 366 g/mol. The lowest BCUT2D eigenvalue weighted by atomic mass is 10.1. The van der Waals surface area contributed by atoms with Gasteiger partial charge in [0.1, 0.15) is 0 Å². The highest BCUT2D eigenvalue weighted by atomic mass is 32.2. The van der Waals surface area contributed by atoms with Crippen LogP contribution in [-0.4, -0.2) is 59.8 Å². The van der Waals surface area contributed by atoms with Crippen molar-refractivity contribution < 1.29 is 13.2 Å². The third-order valence-corrected chi connectivity index (χ3v) is 6.91. The van der Waals surface area contributed by atoms with Crippen molar-refractivity contribution in [2.75, 3.05) is 23.9 Å². The van der Waals surface area contributed by atoms with Gasteiger partial charge >= 0.3 is 0 Å². The van der Waals surface area contributed by atoms with Crippen molar-refractivity contribution in [3.05, 3.63) is 18.0 Å². The number of anilines is 1. The Hall–Kier alpha value is -1.70. The van der Waals surface area contributed by atoms with E-state index in [0.29, 0.717) is 24.0 Å². The Morgan fingerprint density at radius 2 is 1.76 bits per heavy atom. The molecule has 0 spiro atoms. The first-order valence-corrected chi connectivity index (χ1v) is 10.8. The number of sulfone groups is 1. The number of amides is 1. The third kappa shape index (κ3) is 4.68. The van der Waals surface area contributed by atoms with Crippen molar-refractivity contribution >= 4 is 21.7 Å². The Kier molecular flexibility index (Phi) is 5.56. The second kappa shape index (κ2) is 7.68. The predicted molar refractivity (Wildman–Crippen MR) is 96.3 cm³/mol. The van der Waals surface area contributed by atoms with Crippen LogP contribution < -0.4 is 5.32 Å². The summed E-state index contributed by atoms with van der Waals surface area (Å²) in [6.07, 6.45) is 10.8. The highest BCUT2D eigenvalue weighted by Crippen LogP contribution is 2.20. The van der Waals surface area contributed by atoms with Gasteiger partial charge in [0.05, 0.1) is 17.1 Å². The van der Waals surface area contributed by atoms with E-state index < -0.39 is 9.84 Å². The number of aromatic nitrogens is 2. The van der Waals surface area contributed by atoms with E-state index in [1.807, 2.05) is 0 Å². The van der Waals surface area contributed by atoms with Crippen molar-refractivity contribution in [2.45, 2.75) is 57.0 Å². The van der Waals surface area contributed by atoms with Crippen LogP contribution in [0.4, 0.5) is 5.95 Å². The summed E-state index contributed by atoms with van der Waals surface area (Å²) < 4.78 is 23.2. The number of carbonyl (C=O) groups excluding carboxylic acids is 1. The molecule has 2 fully saturated rings. The van der Waals surface area contributed by atoms with Crippen LogP contribution in [0.15, 0.2) is 12.4 Å². The van der Waals surface area contributed by atoms with E-state index in [4.69, 9.17) is 0 Å². The molecule has 1 atom stereocenters. The van der Waals surface area contributed by atoms with Gasteiger partial charge in [0.2, 0.25) is 5.95 Å². The van der Waals surface area contributed by atoms with Crippen LogP contribution >= 0.6 is 0 Å². The van der Waals surface area contributed by atoms with Crippen LogP contribution in [0.25, 0.3) is 0 Å². The molecule has 1 aromatic heterocycles. The van der Waals surface area contributed by atoms with E-state index in [1.165, 1.54) is 43.0 Å². The quantitative estimate of drug-likeness (QED) is 0.818.